The van der Waals surface area contributed by atoms with E-state index < -0.39 is 0 Å². The SMILES string of the molecule is c1ccc(C2NC(n3c4ccc5oc6ccccc6c5c4c4ccc5cc(N(c6ccccc6)c6ccc7ccccc7c6)ccc5c43)=Nc3c2c2ccccc2c2ccccc32)cc1. The van der Waals surface area contributed by atoms with Crippen LogP contribution < -0.4 is 10.2 Å². The number of anilines is 3. The Kier molecular flexibility index (Phi) is 7.68. The molecule has 5 heteroatoms. The van der Waals surface area contributed by atoms with E-state index in [1.165, 1.54) is 38.1 Å². The highest BCUT2D eigenvalue weighted by atomic mass is 16.3. The number of nitrogens with one attached hydrogen (secondary N) is 1. The molecular weight excluding hydrogens is 793 g/mol. The van der Waals surface area contributed by atoms with Crippen molar-refractivity contribution < 1.29 is 4.42 Å². The highest BCUT2D eigenvalue weighted by molar-refractivity contribution is 6.32. The van der Waals surface area contributed by atoms with Gasteiger partial charge in [-0.3, -0.25) is 4.57 Å². The van der Waals surface area contributed by atoms with Crippen LogP contribution in [0, 0.1) is 0 Å². The molecule has 3 heterocycles. The number of nitrogens with zero attached hydrogens (tertiary/aromatic N) is 3. The van der Waals surface area contributed by atoms with Gasteiger partial charge in [0.05, 0.1) is 22.8 Å². The standard InChI is InChI=1S/C60H38N4O/c1-3-16-38(17-4-1)57-56-47-23-11-9-21-45(47)46-22-10-12-24-48(46)58(56)62-60(61-57)64-51-33-34-53-55(49-25-13-14-26-52(49)65-53)54(51)50-31-28-40-36-43(30-32-44(40)59(50)64)63(41-19-5-2-6-20-41)42-29-27-37-15-7-8-18-39(37)35-42/h1-36,57H,(H,61,62). The summed E-state index contributed by atoms with van der Waals surface area (Å²) >= 11 is 0. The Balaban J connectivity index is 1.08. The minimum Gasteiger partial charge on any atom is -0.456 e. The molecule has 1 unspecified atom stereocenters. The van der Waals surface area contributed by atoms with E-state index in [4.69, 9.17) is 9.41 Å². The Bertz CT molecular complexity index is 4110. The van der Waals surface area contributed by atoms with E-state index in [1.807, 2.05) is 6.07 Å². The van der Waals surface area contributed by atoms with Crippen molar-refractivity contribution in [3.05, 3.63) is 230 Å². The summed E-state index contributed by atoms with van der Waals surface area (Å²) in [4.78, 5) is 8.12. The lowest BCUT2D eigenvalue weighted by Gasteiger charge is -2.31. The van der Waals surface area contributed by atoms with Gasteiger partial charge in [-0.15, -0.1) is 0 Å². The number of aliphatic imine (C=N–C) groups is 1. The van der Waals surface area contributed by atoms with E-state index in [0.717, 1.165) is 88.6 Å². The maximum atomic E-state index is 6.55. The van der Waals surface area contributed by atoms with Crippen LogP contribution in [0.25, 0.3) is 86.8 Å². The maximum absolute atomic E-state index is 6.55. The zero-order chi connectivity index (χ0) is 42.6. The van der Waals surface area contributed by atoms with Crippen LogP contribution in [0.2, 0.25) is 0 Å². The van der Waals surface area contributed by atoms with Crippen LogP contribution in [0.1, 0.15) is 17.2 Å². The number of furan rings is 1. The zero-order valence-corrected chi connectivity index (χ0v) is 35.1. The van der Waals surface area contributed by atoms with Gasteiger partial charge in [-0.25, -0.2) is 4.99 Å². The first kappa shape index (κ1) is 35.9. The normalized spacial score (nSPS) is 13.9. The second-order valence-corrected chi connectivity index (χ2v) is 17.1. The summed E-state index contributed by atoms with van der Waals surface area (Å²) in [5.74, 6) is 0.776. The van der Waals surface area contributed by atoms with Crippen LogP contribution >= 0.6 is 0 Å². The molecule has 1 aliphatic heterocycles. The van der Waals surface area contributed by atoms with E-state index in [1.54, 1.807) is 0 Å². The average molecular weight is 831 g/mol. The molecule has 11 aromatic carbocycles. The number of hydrogen-bond donors (Lipinski definition) is 1. The first-order valence-corrected chi connectivity index (χ1v) is 22.2. The van der Waals surface area contributed by atoms with Crippen molar-refractivity contribution in [1.29, 1.82) is 0 Å². The Labute approximate surface area is 373 Å². The van der Waals surface area contributed by atoms with Crippen LogP contribution in [-0.4, -0.2) is 10.5 Å². The number of aromatic nitrogens is 1. The Morgan fingerprint density at radius 1 is 0.431 bits per heavy atom. The van der Waals surface area contributed by atoms with Gasteiger partial charge in [-0.1, -0.05) is 164 Å². The highest BCUT2D eigenvalue weighted by Gasteiger charge is 2.31. The molecule has 0 saturated carbocycles. The van der Waals surface area contributed by atoms with Crippen LogP contribution in [0.5, 0.6) is 0 Å². The molecule has 1 aliphatic rings. The third kappa shape index (κ3) is 5.36. The molecule has 304 valence electrons. The molecule has 0 bridgehead atoms. The van der Waals surface area contributed by atoms with E-state index >= 15 is 0 Å². The highest BCUT2D eigenvalue weighted by Crippen LogP contribution is 2.48. The molecule has 0 saturated heterocycles. The average Bonchev–Trinajstić information content (AvgIpc) is 3.93. The smallest absolute Gasteiger partial charge is 0.209 e. The summed E-state index contributed by atoms with van der Waals surface area (Å²) in [6.07, 6.45) is 0. The fourth-order valence-corrected chi connectivity index (χ4v) is 10.7. The van der Waals surface area contributed by atoms with Crippen molar-refractivity contribution >= 4 is 116 Å². The molecule has 0 radical (unpaired) electrons. The Morgan fingerprint density at radius 3 is 1.86 bits per heavy atom. The summed E-state index contributed by atoms with van der Waals surface area (Å²) in [6.45, 7) is 0. The lowest BCUT2D eigenvalue weighted by atomic mass is 9.87. The van der Waals surface area contributed by atoms with Crippen LogP contribution in [-0.2, 0) is 0 Å². The molecule has 13 aromatic rings. The van der Waals surface area contributed by atoms with Crippen molar-refractivity contribution in [2.24, 2.45) is 4.99 Å². The molecule has 1 atom stereocenters. The molecule has 0 fully saturated rings. The van der Waals surface area contributed by atoms with Crippen molar-refractivity contribution in [3.63, 3.8) is 0 Å². The monoisotopic (exact) mass is 830 g/mol. The minimum atomic E-state index is -0.179. The predicted octanol–water partition coefficient (Wildman–Crippen LogP) is 16.0. The molecule has 0 amide bonds. The molecule has 0 spiro atoms. The van der Waals surface area contributed by atoms with E-state index in [2.05, 4.69) is 227 Å². The Morgan fingerprint density at radius 2 is 1.05 bits per heavy atom. The maximum Gasteiger partial charge on any atom is 0.209 e. The largest absolute Gasteiger partial charge is 0.456 e. The van der Waals surface area contributed by atoms with Gasteiger partial charge >= 0.3 is 0 Å². The first-order chi connectivity index (χ1) is 32.2. The molecule has 2 aromatic heterocycles. The fourth-order valence-electron chi connectivity index (χ4n) is 10.7. The van der Waals surface area contributed by atoms with Crippen molar-refractivity contribution in [2.75, 3.05) is 4.90 Å². The lowest BCUT2D eigenvalue weighted by molar-refractivity contribution is 0.669. The van der Waals surface area contributed by atoms with Gasteiger partial charge in [0.1, 0.15) is 11.2 Å². The molecular formula is C60H38N4O. The van der Waals surface area contributed by atoms with Crippen LogP contribution in [0.4, 0.5) is 22.7 Å². The summed E-state index contributed by atoms with van der Waals surface area (Å²) in [6, 6.07) is 78.3. The van der Waals surface area contributed by atoms with E-state index in [0.29, 0.717) is 0 Å². The number of hydrogen-bond acceptors (Lipinski definition) is 4. The fraction of sp³-hybridized carbons (Fsp3) is 0.0167. The Hall–Kier alpha value is -8.67. The van der Waals surface area contributed by atoms with Crippen molar-refractivity contribution in [2.45, 2.75) is 6.04 Å². The third-order valence-corrected chi connectivity index (χ3v) is 13.6. The summed E-state index contributed by atoms with van der Waals surface area (Å²) in [5.41, 5.74) is 10.5. The lowest BCUT2D eigenvalue weighted by Crippen LogP contribution is -2.37. The zero-order valence-electron chi connectivity index (χ0n) is 35.1. The molecule has 1 N–H and O–H groups in total. The van der Waals surface area contributed by atoms with Crippen molar-refractivity contribution in [1.82, 2.24) is 9.88 Å². The molecule has 14 rings (SSSR count). The summed E-state index contributed by atoms with van der Waals surface area (Å²) in [5, 5.41) is 18.0. The van der Waals surface area contributed by atoms with Gasteiger partial charge in [0.25, 0.3) is 0 Å². The summed E-state index contributed by atoms with van der Waals surface area (Å²) < 4.78 is 8.94. The van der Waals surface area contributed by atoms with Gasteiger partial charge < -0.3 is 14.6 Å². The van der Waals surface area contributed by atoms with Gasteiger partial charge in [-0.2, -0.15) is 0 Å². The molecule has 0 aliphatic carbocycles. The van der Waals surface area contributed by atoms with E-state index in [9.17, 15) is 0 Å². The van der Waals surface area contributed by atoms with Crippen LogP contribution in [0.15, 0.2) is 228 Å². The quantitative estimate of drug-likeness (QED) is 0.180. The predicted molar refractivity (Wildman–Crippen MR) is 272 cm³/mol. The van der Waals surface area contributed by atoms with Crippen molar-refractivity contribution in [3.8, 4) is 0 Å². The second-order valence-electron chi connectivity index (χ2n) is 17.1. The van der Waals surface area contributed by atoms with Crippen LogP contribution in [0.3, 0.4) is 0 Å². The molecule has 65 heavy (non-hydrogen) atoms. The number of benzene rings is 11. The number of rotatable bonds is 4. The van der Waals surface area contributed by atoms with Gasteiger partial charge in [-0.05, 0) is 92.5 Å². The minimum absolute atomic E-state index is 0.179. The van der Waals surface area contributed by atoms with E-state index in [-0.39, 0.29) is 6.04 Å². The second kappa shape index (κ2) is 13.9. The van der Waals surface area contributed by atoms with Gasteiger partial charge in [0.2, 0.25) is 5.96 Å². The number of para-hydroxylation sites is 2. The number of fused-ring (bicyclic) bond motifs is 16. The van der Waals surface area contributed by atoms with Gasteiger partial charge in [0, 0.05) is 54.9 Å². The summed E-state index contributed by atoms with van der Waals surface area (Å²) in [7, 11) is 0. The topological polar surface area (TPSA) is 45.7 Å². The first-order valence-electron chi connectivity index (χ1n) is 22.2. The third-order valence-electron chi connectivity index (χ3n) is 13.6. The van der Waals surface area contributed by atoms with Gasteiger partial charge in [0.15, 0.2) is 0 Å². The molecule has 5 nitrogen and oxygen atoms in total.